The summed E-state index contributed by atoms with van der Waals surface area (Å²) in [5.41, 5.74) is 5.72. The fraction of sp³-hybridized carbons (Fsp3) is 0.111. The van der Waals surface area contributed by atoms with Crippen molar-refractivity contribution in [3.8, 4) is 0 Å². The fourth-order valence-corrected chi connectivity index (χ4v) is 1.69. The van der Waals surface area contributed by atoms with E-state index < -0.39 is 0 Å². The third-order valence-electron chi connectivity index (χ3n) is 1.66. The van der Waals surface area contributed by atoms with Gasteiger partial charge in [-0.15, -0.1) is 0 Å². The average Bonchev–Trinajstić information content (AvgIpc) is 2.10. The van der Waals surface area contributed by atoms with Crippen molar-refractivity contribution < 1.29 is 4.79 Å². The molecule has 0 aliphatic carbocycles. The molecule has 0 saturated carbocycles. The van der Waals surface area contributed by atoms with E-state index in [9.17, 15) is 4.79 Å². The maximum absolute atomic E-state index is 11.3. The summed E-state index contributed by atoms with van der Waals surface area (Å²) in [6.45, 7) is 0. The highest BCUT2D eigenvalue weighted by molar-refractivity contribution is 7.80. The molecular weight excluding hydrogens is 255 g/mol. The van der Waals surface area contributed by atoms with Crippen LogP contribution in [0.5, 0.6) is 0 Å². The number of benzene rings is 1. The zero-order chi connectivity index (χ0) is 11.4. The number of hydrogen-bond donors (Lipinski definition) is 2. The van der Waals surface area contributed by atoms with E-state index in [0.29, 0.717) is 15.6 Å². The minimum absolute atomic E-state index is 0.0514. The molecule has 1 rings (SSSR count). The van der Waals surface area contributed by atoms with Gasteiger partial charge in [-0.2, -0.15) is 0 Å². The van der Waals surface area contributed by atoms with Crippen LogP contribution in [0, 0.1) is 0 Å². The van der Waals surface area contributed by atoms with Gasteiger partial charge in [-0.3, -0.25) is 4.79 Å². The topological polar surface area (TPSA) is 55.1 Å². The van der Waals surface area contributed by atoms with Gasteiger partial charge in [0.05, 0.1) is 6.42 Å². The van der Waals surface area contributed by atoms with Crippen LogP contribution in [-0.2, 0) is 11.2 Å². The zero-order valence-corrected chi connectivity index (χ0v) is 9.92. The molecule has 0 fully saturated rings. The Morgan fingerprint density at radius 3 is 2.40 bits per heavy atom. The normalized spacial score (nSPS) is 9.73. The van der Waals surface area contributed by atoms with E-state index in [2.05, 4.69) is 17.5 Å². The van der Waals surface area contributed by atoms with Gasteiger partial charge in [0.25, 0.3) is 0 Å². The monoisotopic (exact) mass is 262 g/mol. The smallest absolute Gasteiger partial charge is 0.230 e. The summed E-state index contributed by atoms with van der Waals surface area (Å²) in [4.78, 5) is 11.3. The zero-order valence-electron chi connectivity index (χ0n) is 7.59. The Labute approximate surface area is 103 Å². The van der Waals surface area contributed by atoms with Crippen LogP contribution < -0.4 is 11.1 Å². The van der Waals surface area contributed by atoms with E-state index in [1.54, 1.807) is 18.2 Å². The summed E-state index contributed by atoms with van der Waals surface area (Å²) < 4.78 is 0. The van der Waals surface area contributed by atoms with Gasteiger partial charge in [-0.25, -0.2) is 0 Å². The van der Waals surface area contributed by atoms with E-state index in [-0.39, 0.29) is 17.4 Å². The highest BCUT2D eigenvalue weighted by Crippen LogP contribution is 2.24. The van der Waals surface area contributed by atoms with Crippen LogP contribution in [0.15, 0.2) is 18.2 Å². The lowest BCUT2D eigenvalue weighted by Gasteiger charge is -2.06. The van der Waals surface area contributed by atoms with Gasteiger partial charge in [-0.05, 0) is 29.9 Å². The summed E-state index contributed by atoms with van der Waals surface area (Å²) in [6, 6.07) is 5.03. The number of carbonyl (C=O) groups excluding carboxylic acids is 1. The van der Waals surface area contributed by atoms with Crippen molar-refractivity contribution in [3.63, 3.8) is 0 Å². The highest BCUT2D eigenvalue weighted by Gasteiger charge is 2.10. The number of amides is 1. The second-order valence-electron chi connectivity index (χ2n) is 2.79. The fourth-order valence-electron chi connectivity index (χ4n) is 1.04. The molecule has 0 spiro atoms. The van der Waals surface area contributed by atoms with Crippen molar-refractivity contribution in [2.45, 2.75) is 6.42 Å². The van der Waals surface area contributed by atoms with E-state index >= 15 is 0 Å². The molecule has 15 heavy (non-hydrogen) atoms. The van der Waals surface area contributed by atoms with Crippen molar-refractivity contribution >= 4 is 46.4 Å². The molecule has 1 aromatic carbocycles. The summed E-state index contributed by atoms with van der Waals surface area (Å²) in [6.07, 6.45) is 0.0514. The SMILES string of the molecule is NC(=S)NC(=O)Cc1c(Cl)cccc1Cl. The van der Waals surface area contributed by atoms with E-state index in [1.165, 1.54) is 0 Å². The minimum atomic E-state index is -0.336. The van der Waals surface area contributed by atoms with Gasteiger partial charge >= 0.3 is 0 Å². The Bertz CT molecular complexity index is 389. The molecule has 0 atom stereocenters. The highest BCUT2D eigenvalue weighted by atomic mass is 35.5. The summed E-state index contributed by atoms with van der Waals surface area (Å²) in [7, 11) is 0. The molecule has 0 bridgehead atoms. The molecule has 3 N–H and O–H groups in total. The molecule has 0 heterocycles. The Morgan fingerprint density at radius 1 is 1.40 bits per heavy atom. The van der Waals surface area contributed by atoms with Crippen molar-refractivity contribution in [2.75, 3.05) is 0 Å². The van der Waals surface area contributed by atoms with Crippen molar-refractivity contribution in [3.05, 3.63) is 33.8 Å². The van der Waals surface area contributed by atoms with Crippen LogP contribution in [0.4, 0.5) is 0 Å². The van der Waals surface area contributed by atoms with Crippen molar-refractivity contribution in [1.82, 2.24) is 5.32 Å². The minimum Gasteiger partial charge on any atom is -0.376 e. The molecule has 0 saturated heterocycles. The van der Waals surface area contributed by atoms with E-state index in [0.717, 1.165) is 0 Å². The van der Waals surface area contributed by atoms with Crippen LogP contribution in [0.1, 0.15) is 5.56 Å². The number of nitrogens with one attached hydrogen (secondary N) is 1. The molecule has 0 aliphatic rings. The quantitative estimate of drug-likeness (QED) is 0.801. The van der Waals surface area contributed by atoms with Crippen molar-refractivity contribution in [1.29, 1.82) is 0 Å². The Morgan fingerprint density at radius 2 is 1.93 bits per heavy atom. The van der Waals surface area contributed by atoms with E-state index in [4.69, 9.17) is 28.9 Å². The summed E-state index contributed by atoms with van der Waals surface area (Å²) in [5.74, 6) is -0.336. The van der Waals surface area contributed by atoms with Crippen LogP contribution in [0.2, 0.25) is 10.0 Å². The largest absolute Gasteiger partial charge is 0.376 e. The molecule has 1 amide bonds. The second kappa shape index (κ2) is 5.30. The number of rotatable bonds is 2. The molecule has 3 nitrogen and oxygen atoms in total. The number of hydrogen-bond acceptors (Lipinski definition) is 2. The van der Waals surface area contributed by atoms with Crippen LogP contribution in [-0.4, -0.2) is 11.0 Å². The summed E-state index contributed by atoms with van der Waals surface area (Å²) >= 11 is 16.3. The number of carbonyl (C=O) groups is 1. The first kappa shape index (κ1) is 12.2. The van der Waals surface area contributed by atoms with Gasteiger partial charge in [-0.1, -0.05) is 29.3 Å². The molecule has 0 radical (unpaired) electrons. The second-order valence-corrected chi connectivity index (χ2v) is 4.04. The average molecular weight is 263 g/mol. The van der Waals surface area contributed by atoms with Gasteiger partial charge < -0.3 is 11.1 Å². The van der Waals surface area contributed by atoms with Gasteiger partial charge in [0.15, 0.2) is 5.11 Å². The maximum atomic E-state index is 11.3. The van der Waals surface area contributed by atoms with Crippen LogP contribution in [0.3, 0.4) is 0 Å². The Hall–Kier alpha value is -0.840. The molecule has 0 aliphatic heterocycles. The lowest BCUT2D eigenvalue weighted by Crippen LogP contribution is -2.35. The molecular formula is C9H8Cl2N2OS. The lowest BCUT2D eigenvalue weighted by molar-refractivity contribution is -0.119. The van der Waals surface area contributed by atoms with Gasteiger partial charge in [0, 0.05) is 10.0 Å². The number of thiocarbonyl (C=S) groups is 1. The number of halogens is 2. The summed E-state index contributed by atoms with van der Waals surface area (Å²) in [5, 5.41) is 3.12. The van der Waals surface area contributed by atoms with Crippen LogP contribution >= 0.6 is 35.4 Å². The lowest BCUT2D eigenvalue weighted by atomic mass is 10.1. The molecule has 80 valence electrons. The maximum Gasteiger partial charge on any atom is 0.230 e. The Kier molecular flexibility index (Phi) is 4.32. The number of nitrogens with two attached hydrogens (primary N) is 1. The standard InChI is InChI=1S/C9H8Cl2N2OS/c10-6-2-1-3-7(11)5(6)4-8(14)13-9(12)15/h1-3H,4H2,(H3,12,13,14,15). The van der Waals surface area contributed by atoms with Gasteiger partial charge in [0.1, 0.15) is 0 Å². The third-order valence-corrected chi connectivity index (χ3v) is 2.47. The van der Waals surface area contributed by atoms with Crippen molar-refractivity contribution in [2.24, 2.45) is 5.73 Å². The third kappa shape index (κ3) is 3.66. The van der Waals surface area contributed by atoms with E-state index in [1.807, 2.05) is 0 Å². The molecule has 0 aromatic heterocycles. The first-order valence-corrected chi connectivity index (χ1v) is 5.19. The molecule has 0 unspecified atom stereocenters. The first-order chi connectivity index (χ1) is 7.00. The predicted molar refractivity (Wildman–Crippen MR) is 65.1 cm³/mol. The Balaban J connectivity index is 2.80. The molecule has 1 aromatic rings. The first-order valence-electron chi connectivity index (χ1n) is 4.03. The molecule has 6 heteroatoms. The van der Waals surface area contributed by atoms with Crippen LogP contribution in [0.25, 0.3) is 0 Å². The predicted octanol–water partition coefficient (Wildman–Crippen LogP) is 1.90. The van der Waals surface area contributed by atoms with Gasteiger partial charge in [0.2, 0.25) is 5.91 Å².